The molecule has 0 saturated carbocycles. The van der Waals surface area contributed by atoms with Crippen LogP contribution < -0.4 is 18.9 Å². The summed E-state index contributed by atoms with van der Waals surface area (Å²) in [7, 11) is 5.81. The lowest BCUT2D eigenvalue weighted by Gasteiger charge is -2.16. The SMILES string of the molecule is COc1cc(C=C[N+](=O)[O-])c(OC)c(OC)c1OC. The molecule has 0 fully saturated rings. The molecule has 7 nitrogen and oxygen atoms in total. The highest BCUT2D eigenvalue weighted by Gasteiger charge is 2.20. The Morgan fingerprint density at radius 3 is 2.00 bits per heavy atom. The van der Waals surface area contributed by atoms with Gasteiger partial charge in [0.2, 0.25) is 17.7 Å². The minimum atomic E-state index is -0.567. The molecule has 0 unspecified atom stereocenters. The van der Waals surface area contributed by atoms with Gasteiger partial charge in [0.1, 0.15) is 0 Å². The van der Waals surface area contributed by atoms with E-state index >= 15 is 0 Å². The van der Waals surface area contributed by atoms with Crippen LogP contribution in [0.4, 0.5) is 0 Å². The summed E-state index contributed by atoms with van der Waals surface area (Å²) in [5.74, 6) is 1.40. The maximum atomic E-state index is 10.4. The fourth-order valence-electron chi connectivity index (χ4n) is 1.62. The van der Waals surface area contributed by atoms with Gasteiger partial charge in [0, 0.05) is 11.6 Å². The van der Waals surface area contributed by atoms with Gasteiger partial charge >= 0.3 is 0 Å². The van der Waals surface area contributed by atoms with Crippen molar-refractivity contribution in [3.63, 3.8) is 0 Å². The molecule has 1 aromatic carbocycles. The molecule has 7 heteroatoms. The molecule has 19 heavy (non-hydrogen) atoms. The second kappa shape index (κ2) is 6.48. The van der Waals surface area contributed by atoms with E-state index in [0.717, 1.165) is 6.20 Å². The van der Waals surface area contributed by atoms with Gasteiger partial charge in [-0.1, -0.05) is 0 Å². The molecule has 0 amide bonds. The van der Waals surface area contributed by atoms with Crippen molar-refractivity contribution in [3.05, 3.63) is 27.9 Å². The van der Waals surface area contributed by atoms with Crippen molar-refractivity contribution in [3.8, 4) is 23.0 Å². The zero-order valence-electron chi connectivity index (χ0n) is 11.1. The van der Waals surface area contributed by atoms with Crippen LogP contribution in [-0.4, -0.2) is 33.4 Å². The van der Waals surface area contributed by atoms with Crippen molar-refractivity contribution in [2.45, 2.75) is 0 Å². The van der Waals surface area contributed by atoms with Gasteiger partial charge in [-0.3, -0.25) is 10.1 Å². The molecule has 0 atom stereocenters. The molecule has 0 heterocycles. The first-order valence-electron chi connectivity index (χ1n) is 5.27. The molecule has 0 aliphatic carbocycles. The van der Waals surface area contributed by atoms with E-state index in [2.05, 4.69) is 0 Å². The number of hydrogen-bond acceptors (Lipinski definition) is 6. The summed E-state index contributed by atoms with van der Waals surface area (Å²) in [5, 5.41) is 10.4. The third-order valence-electron chi connectivity index (χ3n) is 2.39. The number of hydrogen-bond donors (Lipinski definition) is 0. The van der Waals surface area contributed by atoms with Gasteiger partial charge in [-0.15, -0.1) is 0 Å². The van der Waals surface area contributed by atoms with E-state index in [1.54, 1.807) is 6.07 Å². The zero-order valence-corrected chi connectivity index (χ0v) is 11.1. The highest BCUT2D eigenvalue weighted by molar-refractivity contribution is 5.70. The van der Waals surface area contributed by atoms with Crippen LogP contribution in [0, 0.1) is 10.1 Å². The lowest BCUT2D eigenvalue weighted by atomic mass is 10.1. The van der Waals surface area contributed by atoms with Crippen LogP contribution in [0.5, 0.6) is 23.0 Å². The molecule has 0 radical (unpaired) electrons. The van der Waals surface area contributed by atoms with Gasteiger partial charge in [0.05, 0.1) is 33.4 Å². The Balaban J connectivity index is 3.50. The van der Waals surface area contributed by atoms with Crippen LogP contribution in [-0.2, 0) is 0 Å². The first-order chi connectivity index (χ1) is 9.08. The van der Waals surface area contributed by atoms with Crippen LogP contribution >= 0.6 is 0 Å². The smallest absolute Gasteiger partial charge is 0.235 e. The van der Waals surface area contributed by atoms with Crippen molar-refractivity contribution in [1.29, 1.82) is 0 Å². The topological polar surface area (TPSA) is 80.1 Å². The molecule has 0 aliphatic heterocycles. The minimum absolute atomic E-state index is 0.312. The van der Waals surface area contributed by atoms with Gasteiger partial charge < -0.3 is 18.9 Å². The van der Waals surface area contributed by atoms with E-state index in [1.807, 2.05) is 0 Å². The van der Waals surface area contributed by atoms with Crippen LogP contribution in [0.3, 0.4) is 0 Å². The van der Waals surface area contributed by atoms with Crippen molar-refractivity contribution >= 4 is 6.08 Å². The van der Waals surface area contributed by atoms with Crippen molar-refractivity contribution < 1.29 is 23.9 Å². The minimum Gasteiger partial charge on any atom is -0.493 e. The summed E-state index contributed by atoms with van der Waals surface area (Å²) in [6.45, 7) is 0. The number of ether oxygens (including phenoxy) is 4. The quantitative estimate of drug-likeness (QED) is 0.580. The van der Waals surface area contributed by atoms with E-state index in [-0.39, 0.29) is 0 Å². The summed E-state index contributed by atoms with van der Waals surface area (Å²) in [6, 6.07) is 1.57. The molecule has 1 rings (SSSR count). The summed E-state index contributed by atoms with van der Waals surface area (Å²) in [5.41, 5.74) is 0.453. The Labute approximate surface area is 110 Å². The van der Waals surface area contributed by atoms with Gasteiger partial charge in [-0.2, -0.15) is 0 Å². The number of nitrogens with zero attached hydrogens (tertiary/aromatic N) is 1. The Morgan fingerprint density at radius 1 is 1.00 bits per heavy atom. The maximum Gasteiger partial charge on any atom is 0.235 e. The zero-order chi connectivity index (χ0) is 14.4. The summed E-state index contributed by atoms with van der Waals surface area (Å²) >= 11 is 0. The van der Waals surface area contributed by atoms with Gasteiger partial charge in [0.15, 0.2) is 11.5 Å². The molecule has 0 bridgehead atoms. The average molecular weight is 269 g/mol. The summed E-state index contributed by atoms with van der Waals surface area (Å²) in [4.78, 5) is 9.83. The third kappa shape index (κ3) is 3.06. The highest BCUT2D eigenvalue weighted by atomic mass is 16.6. The highest BCUT2D eigenvalue weighted by Crippen LogP contribution is 2.46. The molecule has 1 aromatic rings. The van der Waals surface area contributed by atoms with Crippen molar-refractivity contribution in [2.75, 3.05) is 28.4 Å². The first kappa shape index (κ1) is 14.6. The number of rotatable bonds is 6. The van der Waals surface area contributed by atoms with E-state index in [9.17, 15) is 10.1 Å². The molecule has 0 aliphatic rings. The second-order valence-corrected chi connectivity index (χ2v) is 3.37. The molecule has 0 spiro atoms. The van der Waals surface area contributed by atoms with Crippen molar-refractivity contribution in [2.24, 2.45) is 0 Å². The Hall–Kier alpha value is -2.44. The normalized spacial score (nSPS) is 10.3. The van der Waals surface area contributed by atoms with E-state index in [4.69, 9.17) is 18.9 Å². The van der Waals surface area contributed by atoms with E-state index in [1.165, 1.54) is 34.5 Å². The largest absolute Gasteiger partial charge is 0.493 e. The Bertz CT molecular complexity index is 497. The molecular formula is C12H15NO6. The molecule has 0 N–H and O–H groups in total. The van der Waals surface area contributed by atoms with Crippen molar-refractivity contribution in [1.82, 2.24) is 0 Å². The van der Waals surface area contributed by atoms with Crippen LogP contribution in [0.1, 0.15) is 5.56 Å². The number of methoxy groups -OCH3 is 4. The Morgan fingerprint density at radius 2 is 1.58 bits per heavy atom. The van der Waals surface area contributed by atoms with Crippen LogP contribution in [0.25, 0.3) is 6.08 Å². The van der Waals surface area contributed by atoms with Crippen LogP contribution in [0.2, 0.25) is 0 Å². The average Bonchev–Trinajstić information content (AvgIpc) is 2.42. The monoisotopic (exact) mass is 269 g/mol. The lowest BCUT2D eigenvalue weighted by molar-refractivity contribution is -0.400. The van der Waals surface area contributed by atoms with E-state index in [0.29, 0.717) is 28.6 Å². The second-order valence-electron chi connectivity index (χ2n) is 3.37. The molecular weight excluding hydrogens is 254 g/mol. The number of nitro groups is 1. The molecule has 104 valence electrons. The van der Waals surface area contributed by atoms with Crippen LogP contribution in [0.15, 0.2) is 12.3 Å². The fourth-order valence-corrected chi connectivity index (χ4v) is 1.62. The van der Waals surface area contributed by atoms with Gasteiger partial charge in [-0.25, -0.2) is 0 Å². The molecule has 0 saturated heterocycles. The van der Waals surface area contributed by atoms with E-state index < -0.39 is 4.92 Å². The lowest BCUT2D eigenvalue weighted by Crippen LogP contribution is -2.00. The predicted molar refractivity (Wildman–Crippen MR) is 68.7 cm³/mol. The third-order valence-corrected chi connectivity index (χ3v) is 2.39. The molecule has 0 aromatic heterocycles. The first-order valence-corrected chi connectivity index (χ1v) is 5.27. The summed E-state index contributed by atoms with van der Waals surface area (Å²) < 4.78 is 20.8. The standard InChI is InChI=1S/C12H15NO6/c1-16-9-7-8(5-6-13(14)15)10(17-2)12(19-4)11(9)18-3/h5-7H,1-4H3. The maximum absolute atomic E-state index is 10.4. The van der Waals surface area contributed by atoms with Gasteiger partial charge in [-0.05, 0) is 6.07 Å². The predicted octanol–water partition coefficient (Wildman–Crippen LogP) is 1.97. The summed E-state index contributed by atoms with van der Waals surface area (Å²) in [6.07, 6.45) is 2.10. The van der Waals surface area contributed by atoms with Gasteiger partial charge in [0.25, 0.3) is 0 Å². The number of benzene rings is 1. The Kier molecular flexibility index (Phi) is 4.99. The fraction of sp³-hybridized carbons (Fsp3) is 0.333.